The Morgan fingerprint density at radius 1 is 1.10 bits per heavy atom. The molecule has 0 unspecified atom stereocenters. The molecule has 2 aromatic carbocycles. The number of fused-ring (bicyclic) bond motifs is 1. The van der Waals surface area contributed by atoms with Crippen molar-refractivity contribution in [1.29, 1.82) is 0 Å². The molecular formula is C22H20F2N6O. The SMILES string of the molecule is Nc1c2c(-c3ccccc3F)nc(NC[C@H]3CCCO3)nc2nn1-c1ccc(F)cc1. The van der Waals surface area contributed by atoms with Gasteiger partial charge in [0.25, 0.3) is 0 Å². The number of ether oxygens (including phenoxy) is 1. The van der Waals surface area contributed by atoms with Gasteiger partial charge in [-0.05, 0) is 49.2 Å². The number of hydrogen-bond acceptors (Lipinski definition) is 6. The highest BCUT2D eigenvalue weighted by Gasteiger charge is 2.22. The number of hydrogen-bond donors (Lipinski definition) is 2. The van der Waals surface area contributed by atoms with Crippen LogP contribution in [0.3, 0.4) is 0 Å². The van der Waals surface area contributed by atoms with E-state index in [9.17, 15) is 8.78 Å². The smallest absolute Gasteiger partial charge is 0.225 e. The first-order chi connectivity index (χ1) is 15.1. The van der Waals surface area contributed by atoms with Crippen molar-refractivity contribution < 1.29 is 13.5 Å². The van der Waals surface area contributed by atoms with Gasteiger partial charge in [0.05, 0.1) is 22.9 Å². The highest BCUT2D eigenvalue weighted by Crippen LogP contribution is 2.34. The standard InChI is InChI=1S/C22H20F2N6O/c23-13-7-9-14(10-8-13)30-20(25)18-19(16-5-1-2-6-17(16)24)27-22(28-21(18)29-30)26-12-15-4-3-11-31-15/h1-2,5-10,15H,3-4,11-12,25H2,(H,26,28,29)/t15-/m1/s1. The molecule has 0 radical (unpaired) electrons. The molecular weight excluding hydrogens is 402 g/mol. The van der Waals surface area contributed by atoms with Gasteiger partial charge in [0.2, 0.25) is 5.95 Å². The molecule has 158 valence electrons. The van der Waals surface area contributed by atoms with Crippen LogP contribution in [0.2, 0.25) is 0 Å². The molecule has 0 aliphatic carbocycles. The van der Waals surface area contributed by atoms with Crippen LogP contribution in [0.4, 0.5) is 20.5 Å². The Labute approximate surface area is 176 Å². The van der Waals surface area contributed by atoms with E-state index < -0.39 is 5.82 Å². The monoisotopic (exact) mass is 422 g/mol. The number of nitrogen functional groups attached to an aromatic ring is 1. The van der Waals surface area contributed by atoms with Crippen molar-refractivity contribution in [1.82, 2.24) is 19.7 Å². The summed E-state index contributed by atoms with van der Waals surface area (Å²) in [4.78, 5) is 9.05. The fraction of sp³-hybridized carbons (Fsp3) is 0.227. The van der Waals surface area contributed by atoms with E-state index >= 15 is 0 Å². The van der Waals surface area contributed by atoms with Gasteiger partial charge in [0.1, 0.15) is 17.5 Å². The number of aromatic nitrogens is 4. The normalized spacial score (nSPS) is 16.1. The van der Waals surface area contributed by atoms with Gasteiger partial charge in [0.15, 0.2) is 5.65 Å². The summed E-state index contributed by atoms with van der Waals surface area (Å²) in [6.45, 7) is 1.28. The zero-order chi connectivity index (χ0) is 21.4. The van der Waals surface area contributed by atoms with Crippen LogP contribution >= 0.6 is 0 Å². The molecule has 1 atom stereocenters. The van der Waals surface area contributed by atoms with Crippen LogP contribution < -0.4 is 11.1 Å². The fourth-order valence-corrected chi connectivity index (χ4v) is 3.73. The molecule has 1 fully saturated rings. The quantitative estimate of drug-likeness (QED) is 0.506. The van der Waals surface area contributed by atoms with Crippen LogP contribution in [0.25, 0.3) is 28.0 Å². The summed E-state index contributed by atoms with van der Waals surface area (Å²) in [6.07, 6.45) is 2.06. The van der Waals surface area contributed by atoms with Gasteiger partial charge in [-0.1, -0.05) is 12.1 Å². The molecule has 2 aromatic heterocycles. The molecule has 0 amide bonds. The van der Waals surface area contributed by atoms with E-state index in [0.717, 1.165) is 19.4 Å². The Morgan fingerprint density at radius 3 is 2.65 bits per heavy atom. The summed E-state index contributed by atoms with van der Waals surface area (Å²) in [6, 6.07) is 12.1. The summed E-state index contributed by atoms with van der Waals surface area (Å²) in [7, 11) is 0. The molecule has 4 aromatic rings. The minimum atomic E-state index is -0.429. The summed E-state index contributed by atoms with van der Waals surface area (Å²) >= 11 is 0. The van der Waals surface area contributed by atoms with Gasteiger partial charge in [-0.3, -0.25) is 0 Å². The summed E-state index contributed by atoms with van der Waals surface area (Å²) in [5, 5.41) is 8.10. The van der Waals surface area contributed by atoms with Crippen molar-refractivity contribution in [2.45, 2.75) is 18.9 Å². The summed E-state index contributed by atoms with van der Waals surface area (Å²) in [5.41, 5.74) is 7.88. The van der Waals surface area contributed by atoms with Gasteiger partial charge < -0.3 is 15.8 Å². The van der Waals surface area contributed by atoms with Crippen molar-refractivity contribution in [3.05, 3.63) is 60.2 Å². The number of anilines is 2. The Balaban J connectivity index is 1.65. The minimum Gasteiger partial charge on any atom is -0.383 e. The number of nitrogens with two attached hydrogens (primary N) is 1. The summed E-state index contributed by atoms with van der Waals surface area (Å²) < 4.78 is 35.1. The van der Waals surface area contributed by atoms with Crippen LogP contribution in [0.5, 0.6) is 0 Å². The number of nitrogens with zero attached hydrogens (tertiary/aromatic N) is 4. The zero-order valence-electron chi connectivity index (χ0n) is 16.6. The third-order valence-electron chi connectivity index (χ3n) is 5.28. The maximum absolute atomic E-state index is 14.7. The van der Waals surface area contributed by atoms with Gasteiger partial charge in [-0.2, -0.15) is 4.98 Å². The molecule has 31 heavy (non-hydrogen) atoms. The van der Waals surface area contributed by atoms with Gasteiger partial charge in [0, 0.05) is 18.7 Å². The van der Waals surface area contributed by atoms with E-state index in [2.05, 4.69) is 20.4 Å². The lowest BCUT2D eigenvalue weighted by Crippen LogP contribution is -2.19. The molecule has 0 spiro atoms. The molecule has 5 rings (SSSR count). The van der Waals surface area contributed by atoms with Crippen molar-refractivity contribution in [2.24, 2.45) is 0 Å². The van der Waals surface area contributed by atoms with Crippen LogP contribution in [0, 0.1) is 11.6 Å². The molecule has 9 heteroatoms. The van der Waals surface area contributed by atoms with Gasteiger partial charge >= 0.3 is 0 Å². The minimum absolute atomic E-state index is 0.0815. The van der Waals surface area contributed by atoms with E-state index in [-0.39, 0.29) is 17.7 Å². The maximum Gasteiger partial charge on any atom is 0.225 e. The highest BCUT2D eigenvalue weighted by molar-refractivity contribution is 5.99. The largest absolute Gasteiger partial charge is 0.383 e. The Morgan fingerprint density at radius 2 is 1.90 bits per heavy atom. The molecule has 7 nitrogen and oxygen atoms in total. The predicted molar refractivity (Wildman–Crippen MR) is 114 cm³/mol. The Bertz CT molecular complexity index is 1230. The second-order valence-electron chi connectivity index (χ2n) is 7.36. The van der Waals surface area contributed by atoms with Gasteiger partial charge in [-0.15, -0.1) is 5.10 Å². The maximum atomic E-state index is 14.7. The van der Waals surface area contributed by atoms with E-state index in [4.69, 9.17) is 10.5 Å². The number of nitrogens with one attached hydrogen (secondary N) is 1. The van der Waals surface area contributed by atoms with E-state index in [1.807, 2.05) is 0 Å². The predicted octanol–water partition coefficient (Wildman–Crippen LogP) is 3.93. The lowest BCUT2D eigenvalue weighted by atomic mass is 10.1. The fourth-order valence-electron chi connectivity index (χ4n) is 3.73. The average Bonchev–Trinajstić information content (AvgIpc) is 3.41. The van der Waals surface area contributed by atoms with Crippen LogP contribution in [-0.2, 0) is 4.74 Å². The van der Waals surface area contributed by atoms with Crippen LogP contribution in [0.15, 0.2) is 48.5 Å². The van der Waals surface area contributed by atoms with Crippen molar-refractivity contribution in [2.75, 3.05) is 24.2 Å². The number of rotatable bonds is 5. The lowest BCUT2D eigenvalue weighted by Gasteiger charge is -2.12. The topological polar surface area (TPSA) is 90.9 Å². The van der Waals surface area contributed by atoms with Crippen LogP contribution in [0.1, 0.15) is 12.8 Å². The number of halogens is 2. The molecule has 0 bridgehead atoms. The second kappa shape index (κ2) is 7.92. The van der Waals surface area contributed by atoms with Crippen molar-refractivity contribution >= 4 is 22.8 Å². The van der Waals surface area contributed by atoms with Crippen LogP contribution in [-0.4, -0.2) is 39.0 Å². The van der Waals surface area contributed by atoms with Crippen molar-refractivity contribution in [3.63, 3.8) is 0 Å². The molecule has 0 saturated carbocycles. The molecule has 1 aliphatic rings. The Kier molecular flexibility index (Phi) is 4.95. The van der Waals surface area contributed by atoms with Crippen molar-refractivity contribution in [3.8, 4) is 16.9 Å². The van der Waals surface area contributed by atoms with Gasteiger partial charge in [-0.25, -0.2) is 18.4 Å². The van der Waals surface area contributed by atoms with E-state index in [1.54, 1.807) is 30.3 Å². The first-order valence-electron chi connectivity index (χ1n) is 10.0. The zero-order valence-corrected chi connectivity index (χ0v) is 16.6. The second-order valence-corrected chi connectivity index (χ2v) is 7.36. The third kappa shape index (κ3) is 3.68. The molecule has 1 aliphatic heterocycles. The highest BCUT2D eigenvalue weighted by atomic mass is 19.1. The third-order valence-corrected chi connectivity index (χ3v) is 5.28. The summed E-state index contributed by atoms with van der Waals surface area (Å²) in [5.74, 6) is -0.247. The number of benzene rings is 2. The first-order valence-corrected chi connectivity index (χ1v) is 10.0. The first kappa shape index (κ1) is 19.4. The molecule has 3 N–H and O–H groups in total. The van der Waals surface area contributed by atoms with E-state index in [1.165, 1.54) is 22.9 Å². The lowest BCUT2D eigenvalue weighted by molar-refractivity contribution is 0.120. The van der Waals surface area contributed by atoms with E-state index in [0.29, 0.717) is 40.5 Å². The molecule has 1 saturated heterocycles. The Hall–Kier alpha value is -3.59. The average molecular weight is 422 g/mol. The molecule has 3 heterocycles.